The van der Waals surface area contributed by atoms with Crippen LogP contribution in [0, 0.1) is 27.7 Å². The van der Waals surface area contributed by atoms with Gasteiger partial charge in [0.2, 0.25) is 0 Å². The maximum atomic E-state index is 12.8. The molecule has 0 aliphatic heterocycles. The molecule has 0 saturated heterocycles. The molecule has 0 aliphatic carbocycles. The average molecular weight is 372 g/mol. The number of aryl methyl sites for hydroxylation is 4. The van der Waals surface area contributed by atoms with E-state index in [1.54, 1.807) is 39.0 Å². The Balaban J connectivity index is 1.80. The molecular weight excluding hydrogens is 352 g/mol. The second-order valence-corrected chi connectivity index (χ2v) is 7.83. The fourth-order valence-corrected chi connectivity index (χ4v) is 4.38. The van der Waals surface area contributed by atoms with Crippen LogP contribution >= 0.6 is 0 Å². The van der Waals surface area contributed by atoms with Crippen molar-refractivity contribution in [1.82, 2.24) is 10.1 Å². The number of nitrogens with zero attached hydrogens (tertiary/aromatic N) is 2. The largest absolute Gasteiger partial charge is 0.360 e. The zero-order valence-corrected chi connectivity index (χ0v) is 15.8. The van der Waals surface area contributed by atoms with Crippen molar-refractivity contribution >= 4 is 27.3 Å². The van der Waals surface area contributed by atoms with Gasteiger partial charge in [-0.2, -0.15) is 0 Å². The van der Waals surface area contributed by atoms with E-state index in [0.717, 1.165) is 5.56 Å². The summed E-state index contributed by atoms with van der Waals surface area (Å²) in [6.45, 7) is 7.31. The van der Waals surface area contributed by atoms with Gasteiger partial charge in [0.15, 0.2) is 5.82 Å². The summed E-state index contributed by atoms with van der Waals surface area (Å²) in [5.74, 6) is 1.75. The van der Waals surface area contributed by atoms with Gasteiger partial charge in [-0.15, -0.1) is 0 Å². The van der Waals surface area contributed by atoms with Crippen LogP contribution in [0.25, 0.3) is 0 Å². The van der Waals surface area contributed by atoms with Crippen LogP contribution in [0.4, 0.5) is 17.3 Å². The number of pyridine rings is 1. The van der Waals surface area contributed by atoms with Crippen LogP contribution in [0.3, 0.4) is 0 Å². The summed E-state index contributed by atoms with van der Waals surface area (Å²) >= 11 is 0. The molecule has 0 bridgehead atoms. The summed E-state index contributed by atoms with van der Waals surface area (Å²) in [4.78, 5) is 4.50. The van der Waals surface area contributed by atoms with E-state index < -0.39 is 10.0 Å². The van der Waals surface area contributed by atoms with Crippen LogP contribution in [0.1, 0.15) is 22.5 Å². The van der Waals surface area contributed by atoms with Gasteiger partial charge in [-0.05, 0) is 51.0 Å². The molecule has 26 heavy (non-hydrogen) atoms. The number of hydrogen-bond donors (Lipinski definition) is 2. The van der Waals surface area contributed by atoms with Crippen molar-refractivity contribution in [2.45, 2.75) is 32.6 Å². The van der Waals surface area contributed by atoms with Crippen LogP contribution in [0.5, 0.6) is 0 Å². The molecule has 3 rings (SSSR count). The van der Waals surface area contributed by atoms with Gasteiger partial charge in [0, 0.05) is 6.07 Å². The number of nitrogens with one attached hydrogen (secondary N) is 2. The zero-order chi connectivity index (χ0) is 18.9. The second-order valence-electron chi connectivity index (χ2n) is 6.21. The minimum absolute atomic E-state index is 0.295. The molecule has 0 spiro atoms. The first kappa shape index (κ1) is 17.9. The smallest absolute Gasteiger partial charge is 0.262 e. The van der Waals surface area contributed by atoms with Crippen molar-refractivity contribution in [3.05, 3.63) is 59.0 Å². The third kappa shape index (κ3) is 3.85. The molecular formula is C18H20N4O3S. The minimum Gasteiger partial charge on any atom is -0.360 e. The molecule has 0 atom stereocenters. The summed E-state index contributed by atoms with van der Waals surface area (Å²) in [5.41, 5.74) is 2.83. The van der Waals surface area contributed by atoms with Crippen molar-refractivity contribution in [3.63, 3.8) is 0 Å². The fraction of sp³-hybridized carbons (Fsp3) is 0.222. The molecule has 2 N–H and O–H groups in total. The van der Waals surface area contributed by atoms with Gasteiger partial charge >= 0.3 is 0 Å². The first-order valence-corrected chi connectivity index (χ1v) is 9.50. The van der Waals surface area contributed by atoms with E-state index in [-0.39, 0.29) is 0 Å². The highest BCUT2D eigenvalue weighted by Gasteiger charge is 2.20. The van der Waals surface area contributed by atoms with Crippen molar-refractivity contribution in [2.75, 3.05) is 10.0 Å². The van der Waals surface area contributed by atoms with E-state index in [1.165, 1.54) is 6.20 Å². The van der Waals surface area contributed by atoms with Gasteiger partial charge in [-0.3, -0.25) is 4.72 Å². The maximum absolute atomic E-state index is 12.8. The number of rotatable bonds is 5. The van der Waals surface area contributed by atoms with E-state index in [0.29, 0.717) is 39.1 Å². The highest BCUT2D eigenvalue weighted by Crippen LogP contribution is 2.24. The van der Waals surface area contributed by atoms with Gasteiger partial charge in [-0.1, -0.05) is 22.9 Å². The van der Waals surface area contributed by atoms with Crippen molar-refractivity contribution in [1.29, 1.82) is 0 Å². The van der Waals surface area contributed by atoms with E-state index in [2.05, 4.69) is 20.2 Å². The highest BCUT2D eigenvalue weighted by molar-refractivity contribution is 7.92. The fourth-order valence-electron chi connectivity index (χ4n) is 2.88. The number of aromatic nitrogens is 2. The zero-order valence-electron chi connectivity index (χ0n) is 15.0. The molecule has 2 aromatic heterocycles. The van der Waals surface area contributed by atoms with Crippen LogP contribution < -0.4 is 10.0 Å². The highest BCUT2D eigenvalue weighted by atomic mass is 32.2. The number of hydrogen-bond acceptors (Lipinski definition) is 6. The lowest BCUT2D eigenvalue weighted by molar-refractivity contribution is 0.400. The Morgan fingerprint density at radius 3 is 2.19 bits per heavy atom. The van der Waals surface area contributed by atoms with Gasteiger partial charge in [0.05, 0.1) is 16.8 Å². The lowest BCUT2D eigenvalue weighted by Gasteiger charge is -2.14. The molecule has 0 fully saturated rings. The molecule has 7 nitrogen and oxygen atoms in total. The summed E-state index contributed by atoms with van der Waals surface area (Å²) < 4.78 is 33.1. The van der Waals surface area contributed by atoms with Crippen LogP contribution in [0.15, 0.2) is 45.9 Å². The SMILES string of the molecule is Cc1cc(C)c(S(=O)(=O)Nc2ccc(Nc3cc(C)on3)nc2)c(C)c1. The first-order chi connectivity index (χ1) is 12.2. The molecule has 0 saturated carbocycles. The lowest BCUT2D eigenvalue weighted by Crippen LogP contribution is -2.16. The Morgan fingerprint density at radius 1 is 0.962 bits per heavy atom. The predicted octanol–water partition coefficient (Wildman–Crippen LogP) is 3.85. The van der Waals surface area contributed by atoms with Crippen LogP contribution in [0.2, 0.25) is 0 Å². The third-order valence-corrected chi connectivity index (χ3v) is 5.46. The normalized spacial score (nSPS) is 11.4. The summed E-state index contributed by atoms with van der Waals surface area (Å²) in [5, 5.41) is 6.80. The third-order valence-electron chi connectivity index (χ3n) is 3.77. The second kappa shape index (κ2) is 6.80. The van der Waals surface area contributed by atoms with Gasteiger partial charge in [0.1, 0.15) is 11.6 Å². The molecule has 1 aromatic carbocycles. The van der Waals surface area contributed by atoms with Gasteiger partial charge in [0.25, 0.3) is 10.0 Å². The average Bonchev–Trinajstić information content (AvgIpc) is 2.92. The lowest BCUT2D eigenvalue weighted by atomic mass is 10.1. The Hall–Kier alpha value is -2.87. The summed E-state index contributed by atoms with van der Waals surface area (Å²) in [6.07, 6.45) is 1.45. The number of sulfonamides is 1. The molecule has 2 heterocycles. The standard InChI is InChI=1S/C18H20N4O3S/c1-11-7-12(2)18(13(3)8-11)26(23,24)22-15-5-6-16(19-10-15)20-17-9-14(4)25-21-17/h5-10,22H,1-4H3,(H,19,20,21). The van der Waals surface area contributed by atoms with Gasteiger partial charge in [-0.25, -0.2) is 13.4 Å². The number of anilines is 3. The van der Waals surface area contributed by atoms with Crippen molar-refractivity contribution in [3.8, 4) is 0 Å². The molecule has 0 amide bonds. The summed E-state index contributed by atoms with van der Waals surface area (Å²) in [7, 11) is -3.70. The molecule has 0 radical (unpaired) electrons. The van der Waals surface area contributed by atoms with Crippen LogP contribution in [-0.4, -0.2) is 18.6 Å². The Kier molecular flexibility index (Phi) is 4.69. The van der Waals surface area contributed by atoms with Gasteiger partial charge < -0.3 is 9.84 Å². The minimum atomic E-state index is -3.70. The predicted molar refractivity (Wildman–Crippen MR) is 100 cm³/mol. The molecule has 0 unspecified atom stereocenters. The van der Waals surface area contributed by atoms with E-state index in [9.17, 15) is 8.42 Å². The molecule has 0 aliphatic rings. The van der Waals surface area contributed by atoms with Crippen molar-refractivity contribution in [2.24, 2.45) is 0 Å². The number of benzene rings is 1. The monoisotopic (exact) mass is 372 g/mol. The van der Waals surface area contributed by atoms with E-state index in [1.807, 2.05) is 19.1 Å². The first-order valence-electron chi connectivity index (χ1n) is 8.02. The quantitative estimate of drug-likeness (QED) is 0.706. The van der Waals surface area contributed by atoms with Crippen molar-refractivity contribution < 1.29 is 12.9 Å². The Bertz CT molecular complexity index is 1020. The Labute approximate surface area is 152 Å². The molecule has 136 valence electrons. The van der Waals surface area contributed by atoms with E-state index in [4.69, 9.17) is 4.52 Å². The molecule has 3 aromatic rings. The van der Waals surface area contributed by atoms with E-state index >= 15 is 0 Å². The Morgan fingerprint density at radius 2 is 1.65 bits per heavy atom. The molecule has 8 heteroatoms. The van der Waals surface area contributed by atoms with Crippen LogP contribution in [-0.2, 0) is 10.0 Å². The maximum Gasteiger partial charge on any atom is 0.262 e. The summed E-state index contributed by atoms with van der Waals surface area (Å²) in [6, 6.07) is 8.75. The topological polar surface area (TPSA) is 97.1 Å².